The molecule has 7 nitrogen and oxygen atoms in total. The number of likely N-dealkylation sites (N-methyl/N-ethyl adjacent to an activating group) is 1. The van der Waals surface area contributed by atoms with E-state index in [9.17, 15) is 4.79 Å². The molecule has 2 aromatic rings. The number of anilines is 3. The molecule has 0 unspecified atom stereocenters. The number of ether oxygens (including phenoxy) is 1. The van der Waals surface area contributed by atoms with E-state index >= 15 is 0 Å². The lowest BCUT2D eigenvalue weighted by molar-refractivity contribution is -0.144. The zero-order valence-electron chi connectivity index (χ0n) is 18.6. The van der Waals surface area contributed by atoms with E-state index in [1.54, 1.807) is 6.33 Å². The van der Waals surface area contributed by atoms with Gasteiger partial charge in [-0.2, -0.15) is 0 Å². The first-order valence-electron chi connectivity index (χ1n) is 10.9. The molecule has 0 bridgehead atoms. The predicted octanol–water partition coefficient (Wildman–Crippen LogP) is 4.36. The van der Waals surface area contributed by atoms with Gasteiger partial charge in [-0.3, -0.25) is 9.69 Å². The standard InChI is InChI=1S/C23H32ClN5O2/c1-4-31-23(30)15-28(2)14-17-8-10-20(11-9-17)29(3)22-13-21(25-16-26-22)27-19-7-5-6-18(24)12-19/h5-7,12-13,16-17,20H,4,8-11,14-15H2,1-3H3,(H,25,26,27). The van der Waals surface area contributed by atoms with E-state index in [1.165, 1.54) is 0 Å². The summed E-state index contributed by atoms with van der Waals surface area (Å²) in [6, 6.07) is 9.99. The maximum Gasteiger partial charge on any atom is 0.320 e. The van der Waals surface area contributed by atoms with Gasteiger partial charge in [0.05, 0.1) is 13.2 Å². The number of carbonyl (C=O) groups is 1. The third-order valence-electron chi connectivity index (χ3n) is 5.75. The molecule has 0 amide bonds. The maximum absolute atomic E-state index is 11.7. The van der Waals surface area contributed by atoms with Crippen molar-refractivity contribution in [2.24, 2.45) is 5.92 Å². The molecule has 0 saturated heterocycles. The average Bonchev–Trinajstić information content (AvgIpc) is 2.74. The Labute approximate surface area is 189 Å². The fourth-order valence-electron chi connectivity index (χ4n) is 4.16. The van der Waals surface area contributed by atoms with E-state index < -0.39 is 0 Å². The molecule has 1 fully saturated rings. The van der Waals surface area contributed by atoms with Gasteiger partial charge in [0.25, 0.3) is 0 Å². The van der Waals surface area contributed by atoms with Crippen LogP contribution >= 0.6 is 11.6 Å². The number of nitrogens with zero attached hydrogens (tertiary/aromatic N) is 4. The van der Waals surface area contributed by atoms with Crippen LogP contribution < -0.4 is 10.2 Å². The fourth-order valence-corrected chi connectivity index (χ4v) is 4.35. The molecule has 1 aromatic carbocycles. The van der Waals surface area contributed by atoms with Crippen molar-refractivity contribution < 1.29 is 9.53 Å². The summed E-state index contributed by atoms with van der Waals surface area (Å²) >= 11 is 6.07. The molecular weight excluding hydrogens is 414 g/mol. The summed E-state index contributed by atoms with van der Waals surface area (Å²) in [5, 5.41) is 3.97. The number of carbonyl (C=O) groups excluding carboxylic acids is 1. The highest BCUT2D eigenvalue weighted by atomic mass is 35.5. The Morgan fingerprint density at radius 2 is 1.97 bits per heavy atom. The van der Waals surface area contributed by atoms with Crippen molar-refractivity contribution in [2.45, 2.75) is 38.6 Å². The molecule has 1 N–H and O–H groups in total. The molecule has 31 heavy (non-hydrogen) atoms. The predicted molar refractivity (Wildman–Crippen MR) is 125 cm³/mol. The normalized spacial score (nSPS) is 18.6. The van der Waals surface area contributed by atoms with Crippen molar-refractivity contribution in [2.75, 3.05) is 44.0 Å². The lowest BCUT2D eigenvalue weighted by atomic mass is 9.85. The van der Waals surface area contributed by atoms with Gasteiger partial charge in [0.2, 0.25) is 0 Å². The van der Waals surface area contributed by atoms with Crippen molar-refractivity contribution >= 4 is 34.9 Å². The third kappa shape index (κ3) is 7.08. The highest BCUT2D eigenvalue weighted by Crippen LogP contribution is 2.30. The van der Waals surface area contributed by atoms with Gasteiger partial charge in [0.1, 0.15) is 18.0 Å². The molecule has 8 heteroatoms. The first-order chi connectivity index (χ1) is 14.9. The van der Waals surface area contributed by atoms with Gasteiger partial charge in [-0.1, -0.05) is 17.7 Å². The van der Waals surface area contributed by atoms with Crippen molar-refractivity contribution in [3.8, 4) is 0 Å². The van der Waals surface area contributed by atoms with Crippen LogP contribution in [0.1, 0.15) is 32.6 Å². The van der Waals surface area contributed by atoms with Gasteiger partial charge in [-0.05, 0) is 63.8 Å². The van der Waals surface area contributed by atoms with Gasteiger partial charge in [0.15, 0.2) is 0 Å². The number of nitrogens with one attached hydrogen (secondary N) is 1. The Bertz CT molecular complexity index is 857. The number of aromatic nitrogens is 2. The molecule has 1 aliphatic rings. The van der Waals surface area contributed by atoms with E-state index in [0.717, 1.165) is 49.6 Å². The van der Waals surface area contributed by atoms with Gasteiger partial charge >= 0.3 is 5.97 Å². The molecule has 1 saturated carbocycles. The van der Waals surface area contributed by atoms with Crippen LogP contribution in [0.3, 0.4) is 0 Å². The summed E-state index contributed by atoms with van der Waals surface area (Å²) in [4.78, 5) is 24.8. The van der Waals surface area contributed by atoms with Crippen LogP contribution in [0.5, 0.6) is 0 Å². The Morgan fingerprint density at radius 1 is 1.19 bits per heavy atom. The number of hydrogen-bond donors (Lipinski definition) is 1. The summed E-state index contributed by atoms with van der Waals surface area (Å²) < 4.78 is 5.04. The summed E-state index contributed by atoms with van der Waals surface area (Å²) in [7, 11) is 4.09. The van der Waals surface area contributed by atoms with E-state index in [4.69, 9.17) is 16.3 Å². The van der Waals surface area contributed by atoms with Gasteiger partial charge in [0, 0.05) is 36.4 Å². The summed E-state index contributed by atoms with van der Waals surface area (Å²) in [6.45, 7) is 3.56. The summed E-state index contributed by atoms with van der Waals surface area (Å²) in [6.07, 6.45) is 6.08. The molecule has 1 heterocycles. The minimum Gasteiger partial charge on any atom is -0.465 e. The minimum absolute atomic E-state index is 0.149. The van der Waals surface area contributed by atoms with E-state index in [-0.39, 0.29) is 5.97 Å². The average molecular weight is 446 g/mol. The zero-order valence-corrected chi connectivity index (χ0v) is 19.3. The molecule has 0 atom stereocenters. The second kappa shape index (κ2) is 11.3. The SMILES string of the molecule is CCOC(=O)CN(C)CC1CCC(N(C)c2cc(Nc3cccc(Cl)c3)ncn2)CC1. The van der Waals surface area contributed by atoms with Crippen LogP contribution in [0.25, 0.3) is 0 Å². The van der Waals surface area contributed by atoms with Gasteiger partial charge < -0.3 is 15.0 Å². The molecule has 0 aliphatic heterocycles. The van der Waals surface area contributed by atoms with Crippen LogP contribution in [0.15, 0.2) is 36.7 Å². The summed E-state index contributed by atoms with van der Waals surface area (Å²) in [5.41, 5.74) is 0.896. The molecule has 0 radical (unpaired) electrons. The van der Waals surface area contributed by atoms with Crippen LogP contribution in [-0.4, -0.2) is 60.7 Å². The fraction of sp³-hybridized carbons (Fsp3) is 0.522. The van der Waals surface area contributed by atoms with Crippen molar-refractivity contribution in [1.29, 1.82) is 0 Å². The number of benzene rings is 1. The first kappa shape index (κ1) is 23.3. The second-order valence-electron chi connectivity index (χ2n) is 8.18. The zero-order chi connectivity index (χ0) is 22.2. The lowest BCUT2D eigenvalue weighted by Crippen LogP contribution is -2.39. The summed E-state index contributed by atoms with van der Waals surface area (Å²) in [5.74, 6) is 2.11. The van der Waals surface area contributed by atoms with Crippen LogP contribution in [0.4, 0.5) is 17.3 Å². The first-order valence-corrected chi connectivity index (χ1v) is 11.2. The van der Waals surface area contributed by atoms with Crippen molar-refractivity contribution in [1.82, 2.24) is 14.9 Å². The van der Waals surface area contributed by atoms with E-state index in [0.29, 0.717) is 30.1 Å². The Balaban J connectivity index is 1.51. The molecule has 1 aromatic heterocycles. The van der Waals surface area contributed by atoms with Gasteiger partial charge in [-0.25, -0.2) is 9.97 Å². The Kier molecular flexibility index (Phi) is 8.49. The number of hydrogen-bond acceptors (Lipinski definition) is 7. The topological polar surface area (TPSA) is 70.6 Å². The van der Waals surface area contributed by atoms with Crippen molar-refractivity contribution in [3.63, 3.8) is 0 Å². The Morgan fingerprint density at radius 3 is 2.68 bits per heavy atom. The third-order valence-corrected chi connectivity index (χ3v) is 5.98. The molecule has 0 spiro atoms. The van der Waals surface area contributed by atoms with E-state index in [1.807, 2.05) is 44.3 Å². The second-order valence-corrected chi connectivity index (χ2v) is 8.62. The number of halogens is 1. The highest BCUT2D eigenvalue weighted by Gasteiger charge is 2.26. The Hall–Kier alpha value is -2.38. The van der Waals surface area contributed by atoms with Gasteiger partial charge in [-0.15, -0.1) is 0 Å². The molecule has 3 rings (SSSR count). The van der Waals surface area contributed by atoms with E-state index in [2.05, 4.69) is 32.1 Å². The molecule has 1 aliphatic carbocycles. The number of esters is 1. The maximum atomic E-state index is 11.7. The molecule has 168 valence electrons. The van der Waals surface area contributed by atoms with Crippen molar-refractivity contribution in [3.05, 3.63) is 41.7 Å². The lowest BCUT2D eigenvalue weighted by Gasteiger charge is -2.36. The minimum atomic E-state index is -0.149. The largest absolute Gasteiger partial charge is 0.465 e. The van der Waals surface area contributed by atoms with Crippen LogP contribution in [-0.2, 0) is 9.53 Å². The number of rotatable bonds is 9. The smallest absolute Gasteiger partial charge is 0.320 e. The quantitative estimate of drug-likeness (QED) is 0.575. The van der Waals surface area contributed by atoms with Crippen LogP contribution in [0, 0.1) is 5.92 Å². The molecular formula is C23H32ClN5O2. The highest BCUT2D eigenvalue weighted by molar-refractivity contribution is 6.30. The monoisotopic (exact) mass is 445 g/mol. The van der Waals surface area contributed by atoms with Crippen LogP contribution in [0.2, 0.25) is 5.02 Å².